The molecule has 0 spiro atoms. The van der Waals surface area contributed by atoms with Crippen LogP contribution in [-0.2, 0) is 9.59 Å². The number of aliphatic carboxylic acids is 1. The quantitative estimate of drug-likeness (QED) is 0.715. The number of hydrogen-bond donors (Lipinski definition) is 2. The monoisotopic (exact) mass is 253 g/mol. The predicted octanol–water partition coefficient (Wildman–Crippen LogP) is 2.49. The number of carboxylic acids is 1. The van der Waals surface area contributed by atoms with Gasteiger partial charge >= 0.3 is 5.97 Å². The van der Waals surface area contributed by atoms with Crippen molar-refractivity contribution < 1.29 is 14.7 Å². The van der Waals surface area contributed by atoms with Crippen LogP contribution in [0, 0.1) is 5.92 Å². The molecule has 0 aromatic heterocycles. The van der Waals surface area contributed by atoms with Gasteiger partial charge in [0.15, 0.2) is 0 Å². The van der Waals surface area contributed by atoms with Gasteiger partial charge in [0.2, 0.25) is 5.91 Å². The van der Waals surface area contributed by atoms with Crippen molar-refractivity contribution in [2.24, 2.45) is 5.92 Å². The molecule has 1 fully saturated rings. The van der Waals surface area contributed by atoms with Crippen molar-refractivity contribution in [3.63, 3.8) is 0 Å². The highest BCUT2D eigenvalue weighted by molar-refractivity contribution is 5.83. The van der Waals surface area contributed by atoms with E-state index in [2.05, 4.69) is 5.32 Å². The highest BCUT2D eigenvalue weighted by Crippen LogP contribution is 2.26. The van der Waals surface area contributed by atoms with Crippen molar-refractivity contribution in [3.05, 3.63) is 12.2 Å². The van der Waals surface area contributed by atoms with E-state index in [1.54, 1.807) is 12.2 Å². The lowest BCUT2D eigenvalue weighted by Crippen LogP contribution is -2.41. The molecule has 1 saturated carbocycles. The van der Waals surface area contributed by atoms with E-state index in [0.29, 0.717) is 18.8 Å². The molecule has 1 amide bonds. The van der Waals surface area contributed by atoms with Gasteiger partial charge in [0.25, 0.3) is 0 Å². The van der Waals surface area contributed by atoms with Gasteiger partial charge in [0.05, 0.1) is 0 Å². The Hall–Kier alpha value is -1.32. The number of carbonyl (C=O) groups is 2. The van der Waals surface area contributed by atoms with E-state index in [1.165, 1.54) is 19.3 Å². The van der Waals surface area contributed by atoms with E-state index in [4.69, 9.17) is 5.11 Å². The Bertz CT molecular complexity index is 306. The van der Waals surface area contributed by atoms with Crippen LogP contribution >= 0.6 is 0 Å². The molecule has 1 atom stereocenters. The topological polar surface area (TPSA) is 66.4 Å². The second kappa shape index (κ2) is 7.90. The molecule has 0 aliphatic heterocycles. The van der Waals surface area contributed by atoms with Gasteiger partial charge in [-0.1, -0.05) is 31.4 Å². The molecule has 1 aliphatic rings. The third-order valence-corrected chi connectivity index (χ3v) is 3.44. The van der Waals surface area contributed by atoms with Gasteiger partial charge in [0.1, 0.15) is 6.04 Å². The van der Waals surface area contributed by atoms with Gasteiger partial charge in [-0.2, -0.15) is 0 Å². The van der Waals surface area contributed by atoms with Crippen LogP contribution in [0.15, 0.2) is 12.2 Å². The van der Waals surface area contributed by atoms with E-state index >= 15 is 0 Å². The van der Waals surface area contributed by atoms with Crippen molar-refractivity contribution in [2.75, 3.05) is 0 Å². The summed E-state index contributed by atoms with van der Waals surface area (Å²) in [5, 5.41) is 11.6. The fraction of sp³-hybridized carbons (Fsp3) is 0.714. The first-order chi connectivity index (χ1) is 8.63. The van der Waals surface area contributed by atoms with Crippen LogP contribution in [0.4, 0.5) is 0 Å². The Kier molecular flexibility index (Phi) is 6.47. The minimum Gasteiger partial charge on any atom is -0.480 e. The smallest absolute Gasteiger partial charge is 0.326 e. The zero-order valence-electron chi connectivity index (χ0n) is 11.0. The third kappa shape index (κ3) is 5.34. The fourth-order valence-electron chi connectivity index (χ4n) is 2.40. The minimum atomic E-state index is -0.968. The molecule has 18 heavy (non-hydrogen) atoms. The van der Waals surface area contributed by atoms with E-state index in [0.717, 1.165) is 12.8 Å². The van der Waals surface area contributed by atoms with Crippen LogP contribution in [0.25, 0.3) is 0 Å². The molecule has 0 aromatic rings. The SMILES string of the molecule is C/C=C/CC(NC(=O)CC1CCCCC1)C(=O)O. The molecule has 4 nitrogen and oxygen atoms in total. The van der Waals surface area contributed by atoms with E-state index in [1.807, 2.05) is 6.92 Å². The average Bonchev–Trinajstić information content (AvgIpc) is 2.35. The Labute approximate surface area is 108 Å². The zero-order chi connectivity index (χ0) is 13.4. The summed E-state index contributed by atoms with van der Waals surface area (Å²) in [6.07, 6.45) is 10.2. The summed E-state index contributed by atoms with van der Waals surface area (Å²) in [4.78, 5) is 22.8. The van der Waals surface area contributed by atoms with Crippen LogP contribution in [-0.4, -0.2) is 23.0 Å². The maximum Gasteiger partial charge on any atom is 0.326 e. The second-order valence-corrected chi connectivity index (χ2v) is 4.97. The Morgan fingerprint density at radius 2 is 2.00 bits per heavy atom. The van der Waals surface area contributed by atoms with Gasteiger partial charge in [-0.15, -0.1) is 0 Å². The number of amides is 1. The summed E-state index contributed by atoms with van der Waals surface area (Å²) in [6, 6.07) is -0.794. The molecule has 1 unspecified atom stereocenters. The summed E-state index contributed by atoms with van der Waals surface area (Å²) < 4.78 is 0. The van der Waals surface area contributed by atoms with Gasteiger partial charge in [-0.25, -0.2) is 4.79 Å². The summed E-state index contributed by atoms with van der Waals surface area (Å²) in [6.45, 7) is 1.84. The first kappa shape index (κ1) is 14.7. The minimum absolute atomic E-state index is 0.126. The van der Waals surface area contributed by atoms with Gasteiger partial charge in [-0.05, 0) is 32.1 Å². The lowest BCUT2D eigenvalue weighted by Gasteiger charge is -2.21. The summed E-state index contributed by atoms with van der Waals surface area (Å²) >= 11 is 0. The van der Waals surface area contributed by atoms with Crippen molar-refractivity contribution in [3.8, 4) is 0 Å². The molecule has 0 heterocycles. The molecule has 4 heteroatoms. The number of nitrogens with one attached hydrogen (secondary N) is 1. The summed E-state index contributed by atoms with van der Waals surface area (Å²) in [5.74, 6) is -0.654. The number of carboxylic acid groups (broad SMARTS) is 1. The van der Waals surface area contributed by atoms with Crippen LogP contribution in [0.2, 0.25) is 0 Å². The normalized spacial score (nSPS) is 18.7. The third-order valence-electron chi connectivity index (χ3n) is 3.44. The highest BCUT2D eigenvalue weighted by atomic mass is 16.4. The average molecular weight is 253 g/mol. The Balaban J connectivity index is 2.37. The number of rotatable bonds is 6. The predicted molar refractivity (Wildman–Crippen MR) is 70.2 cm³/mol. The maximum absolute atomic E-state index is 11.8. The molecule has 2 N–H and O–H groups in total. The lowest BCUT2D eigenvalue weighted by molar-refractivity contribution is -0.141. The van der Waals surface area contributed by atoms with Crippen LogP contribution in [0.1, 0.15) is 51.9 Å². The number of hydrogen-bond acceptors (Lipinski definition) is 2. The van der Waals surface area contributed by atoms with Crippen LogP contribution in [0.3, 0.4) is 0 Å². The molecule has 0 radical (unpaired) electrons. The summed E-state index contributed by atoms with van der Waals surface area (Å²) in [7, 11) is 0. The van der Waals surface area contributed by atoms with Gasteiger partial charge in [-0.3, -0.25) is 4.79 Å². The largest absolute Gasteiger partial charge is 0.480 e. The molecular formula is C14H23NO3. The first-order valence-corrected chi connectivity index (χ1v) is 6.76. The van der Waals surface area contributed by atoms with Crippen molar-refractivity contribution >= 4 is 11.9 Å². The maximum atomic E-state index is 11.8. The molecule has 102 valence electrons. The summed E-state index contributed by atoms with van der Waals surface area (Å²) in [5.41, 5.74) is 0. The van der Waals surface area contributed by atoms with Crippen molar-refractivity contribution in [1.82, 2.24) is 5.32 Å². The van der Waals surface area contributed by atoms with E-state index < -0.39 is 12.0 Å². The van der Waals surface area contributed by atoms with Gasteiger partial charge < -0.3 is 10.4 Å². The second-order valence-electron chi connectivity index (χ2n) is 4.97. The number of allylic oxidation sites excluding steroid dienone is 1. The van der Waals surface area contributed by atoms with Crippen LogP contribution < -0.4 is 5.32 Å². The fourth-order valence-corrected chi connectivity index (χ4v) is 2.40. The van der Waals surface area contributed by atoms with Crippen molar-refractivity contribution in [1.29, 1.82) is 0 Å². The molecular weight excluding hydrogens is 230 g/mol. The molecule has 0 bridgehead atoms. The van der Waals surface area contributed by atoms with Gasteiger partial charge in [0, 0.05) is 6.42 Å². The standard InChI is InChI=1S/C14H23NO3/c1-2-3-9-12(14(17)18)15-13(16)10-11-7-5-4-6-8-11/h2-3,11-12H,4-10H2,1H3,(H,15,16)(H,17,18)/b3-2+. The lowest BCUT2D eigenvalue weighted by atomic mass is 9.87. The molecule has 1 aliphatic carbocycles. The molecule has 0 aromatic carbocycles. The van der Waals surface area contributed by atoms with Crippen LogP contribution in [0.5, 0.6) is 0 Å². The van der Waals surface area contributed by atoms with Crippen molar-refractivity contribution in [2.45, 2.75) is 57.9 Å². The first-order valence-electron chi connectivity index (χ1n) is 6.76. The molecule has 1 rings (SSSR count). The zero-order valence-corrected chi connectivity index (χ0v) is 11.0. The van der Waals surface area contributed by atoms with E-state index in [9.17, 15) is 9.59 Å². The Morgan fingerprint density at radius 3 is 2.56 bits per heavy atom. The Morgan fingerprint density at radius 1 is 1.33 bits per heavy atom. The molecule has 0 saturated heterocycles. The van der Waals surface area contributed by atoms with E-state index in [-0.39, 0.29) is 5.91 Å². The highest BCUT2D eigenvalue weighted by Gasteiger charge is 2.21. The number of carbonyl (C=O) groups excluding carboxylic acids is 1.